The molecule has 8 heteroatoms. The number of hydrogen-bond donors (Lipinski definition) is 1. The number of carbonyl (C=O) groups is 1. The number of carbonyl (C=O) groups excluding carboxylic acids is 1. The number of ether oxygens (including phenoxy) is 2. The molecule has 1 amide bonds. The molecule has 31 heavy (non-hydrogen) atoms. The molecule has 8 nitrogen and oxygen atoms in total. The van der Waals surface area contributed by atoms with E-state index in [-0.39, 0.29) is 24.5 Å². The van der Waals surface area contributed by atoms with Crippen LogP contribution >= 0.6 is 0 Å². The summed E-state index contributed by atoms with van der Waals surface area (Å²) >= 11 is 0. The number of hydrogen-bond acceptors (Lipinski definition) is 6. The Morgan fingerprint density at radius 1 is 1.13 bits per heavy atom. The summed E-state index contributed by atoms with van der Waals surface area (Å²) in [5.41, 5.74) is 3.80. The summed E-state index contributed by atoms with van der Waals surface area (Å²) in [6, 6.07) is 4.03. The lowest BCUT2D eigenvalue weighted by Crippen LogP contribution is -2.36. The van der Waals surface area contributed by atoms with E-state index in [9.17, 15) is 4.79 Å². The van der Waals surface area contributed by atoms with Crippen LogP contribution in [-0.2, 0) is 29.0 Å². The van der Waals surface area contributed by atoms with Crippen molar-refractivity contribution in [1.29, 1.82) is 0 Å². The van der Waals surface area contributed by atoms with Gasteiger partial charge in [0, 0.05) is 39.7 Å². The van der Waals surface area contributed by atoms with Gasteiger partial charge in [0.05, 0.1) is 13.2 Å². The van der Waals surface area contributed by atoms with Crippen molar-refractivity contribution in [2.24, 2.45) is 5.92 Å². The number of nitrogens with one attached hydrogen (secondary N) is 1. The lowest BCUT2D eigenvalue weighted by atomic mass is 10.0. The summed E-state index contributed by atoms with van der Waals surface area (Å²) < 4.78 is 12.6. The van der Waals surface area contributed by atoms with Gasteiger partial charge in [-0.2, -0.15) is 0 Å². The quantitative estimate of drug-likeness (QED) is 0.694. The summed E-state index contributed by atoms with van der Waals surface area (Å²) in [6.45, 7) is 12.0. The molecule has 1 aromatic heterocycles. The average molecular weight is 430 g/mol. The number of nitrogens with zero attached hydrogens (tertiary/aromatic N) is 4. The zero-order valence-electron chi connectivity index (χ0n) is 19.6. The highest BCUT2D eigenvalue weighted by molar-refractivity contribution is 5.77. The van der Waals surface area contributed by atoms with Gasteiger partial charge in [-0.1, -0.05) is 19.9 Å². The molecular formula is C23H35N5O3. The van der Waals surface area contributed by atoms with Gasteiger partial charge in [-0.3, -0.25) is 9.69 Å². The molecule has 0 radical (unpaired) electrons. The van der Waals surface area contributed by atoms with Crippen LogP contribution in [0.1, 0.15) is 48.2 Å². The Morgan fingerprint density at radius 2 is 1.90 bits per heavy atom. The van der Waals surface area contributed by atoms with Crippen LogP contribution in [0.3, 0.4) is 0 Å². The number of methoxy groups -OCH3 is 2. The Labute approximate surface area is 184 Å². The van der Waals surface area contributed by atoms with Crippen LogP contribution in [0.15, 0.2) is 12.1 Å². The minimum atomic E-state index is -0.193. The maximum Gasteiger partial charge on any atom is 0.246 e. The topological polar surface area (TPSA) is 81.5 Å². The third-order valence-electron chi connectivity index (χ3n) is 6.15. The van der Waals surface area contributed by atoms with E-state index < -0.39 is 0 Å². The Balaban J connectivity index is 1.74. The van der Waals surface area contributed by atoms with Crippen molar-refractivity contribution in [1.82, 2.24) is 25.0 Å². The highest BCUT2D eigenvalue weighted by Crippen LogP contribution is 2.26. The second-order valence-electron chi connectivity index (χ2n) is 8.55. The van der Waals surface area contributed by atoms with Crippen LogP contribution in [0.4, 0.5) is 0 Å². The molecule has 0 aliphatic carbocycles. The first-order chi connectivity index (χ1) is 14.8. The molecule has 1 aromatic carbocycles. The van der Waals surface area contributed by atoms with Crippen LogP contribution in [0.25, 0.3) is 0 Å². The first kappa shape index (κ1) is 23.2. The molecule has 1 atom stereocenters. The predicted octanol–water partition coefficient (Wildman–Crippen LogP) is 2.42. The van der Waals surface area contributed by atoms with Gasteiger partial charge in [0.15, 0.2) is 5.82 Å². The lowest BCUT2D eigenvalue weighted by molar-refractivity contribution is -0.125. The van der Waals surface area contributed by atoms with E-state index in [1.807, 2.05) is 0 Å². The van der Waals surface area contributed by atoms with Gasteiger partial charge in [0.1, 0.15) is 18.2 Å². The molecule has 1 aliphatic rings. The van der Waals surface area contributed by atoms with Crippen molar-refractivity contribution >= 4 is 5.91 Å². The monoisotopic (exact) mass is 429 g/mol. The first-order valence-electron chi connectivity index (χ1n) is 10.9. The van der Waals surface area contributed by atoms with Gasteiger partial charge in [0.25, 0.3) is 0 Å². The molecule has 3 rings (SSSR count). The van der Waals surface area contributed by atoms with E-state index in [1.54, 1.807) is 7.11 Å². The van der Waals surface area contributed by atoms with Crippen LogP contribution in [0.2, 0.25) is 0 Å². The maximum atomic E-state index is 12.1. The van der Waals surface area contributed by atoms with Crippen molar-refractivity contribution in [2.75, 3.05) is 33.9 Å². The van der Waals surface area contributed by atoms with Crippen molar-refractivity contribution in [3.05, 3.63) is 40.5 Å². The third-order valence-corrected chi connectivity index (χ3v) is 6.15. The normalized spacial score (nSPS) is 15.5. The predicted molar refractivity (Wildman–Crippen MR) is 119 cm³/mol. The van der Waals surface area contributed by atoms with Gasteiger partial charge >= 0.3 is 0 Å². The molecule has 0 bridgehead atoms. The molecule has 0 saturated carbocycles. The largest absolute Gasteiger partial charge is 0.496 e. The minimum Gasteiger partial charge on any atom is -0.496 e. The first-order valence-corrected chi connectivity index (χ1v) is 10.9. The summed E-state index contributed by atoms with van der Waals surface area (Å²) in [6.07, 6.45) is 0.831. The molecule has 0 unspecified atom stereocenters. The number of fused-ring (bicyclic) bond motifs is 1. The Morgan fingerprint density at radius 3 is 2.58 bits per heavy atom. The maximum absolute atomic E-state index is 12.1. The molecule has 0 spiro atoms. The van der Waals surface area contributed by atoms with Crippen LogP contribution in [0.5, 0.6) is 5.75 Å². The Kier molecular flexibility index (Phi) is 7.67. The summed E-state index contributed by atoms with van der Waals surface area (Å²) in [5.74, 6) is 2.79. The SMILES string of the molecule is COCC(=O)N[C@@H](c1nnc2n1CCN(Cc1ccc(OC)c(C)c1C)CC2)C(C)C. The fraction of sp³-hybridized carbons (Fsp3) is 0.609. The van der Waals surface area contributed by atoms with Gasteiger partial charge in [-0.25, -0.2) is 0 Å². The lowest BCUT2D eigenvalue weighted by Gasteiger charge is -2.24. The van der Waals surface area contributed by atoms with E-state index in [2.05, 4.69) is 64.8 Å². The van der Waals surface area contributed by atoms with Crippen molar-refractivity contribution in [2.45, 2.75) is 53.2 Å². The van der Waals surface area contributed by atoms with E-state index >= 15 is 0 Å². The zero-order valence-corrected chi connectivity index (χ0v) is 19.6. The van der Waals surface area contributed by atoms with Gasteiger partial charge < -0.3 is 19.4 Å². The van der Waals surface area contributed by atoms with Gasteiger partial charge in [0.2, 0.25) is 5.91 Å². The van der Waals surface area contributed by atoms with Crippen LogP contribution in [0, 0.1) is 19.8 Å². The Bertz CT molecular complexity index is 909. The van der Waals surface area contributed by atoms with Crippen LogP contribution in [-0.4, -0.2) is 59.5 Å². The third kappa shape index (κ3) is 5.25. The minimum absolute atomic E-state index is 0.0403. The highest BCUT2D eigenvalue weighted by Gasteiger charge is 2.27. The number of rotatable bonds is 8. The molecule has 2 aromatic rings. The van der Waals surface area contributed by atoms with Crippen LogP contribution < -0.4 is 10.1 Å². The van der Waals surface area contributed by atoms with Gasteiger partial charge in [-0.15, -0.1) is 10.2 Å². The van der Waals surface area contributed by atoms with E-state index in [0.717, 1.165) is 50.0 Å². The second kappa shape index (κ2) is 10.2. The number of benzene rings is 1. The fourth-order valence-electron chi connectivity index (χ4n) is 4.14. The smallest absolute Gasteiger partial charge is 0.246 e. The molecule has 1 N–H and O–H groups in total. The molecule has 2 heterocycles. The van der Waals surface area contributed by atoms with Crippen molar-refractivity contribution < 1.29 is 14.3 Å². The molecule has 0 fully saturated rings. The summed E-state index contributed by atoms with van der Waals surface area (Å²) in [4.78, 5) is 14.6. The van der Waals surface area contributed by atoms with Crippen molar-refractivity contribution in [3.63, 3.8) is 0 Å². The van der Waals surface area contributed by atoms with E-state index in [0.29, 0.717) is 0 Å². The fourth-order valence-corrected chi connectivity index (χ4v) is 4.14. The van der Waals surface area contributed by atoms with E-state index in [4.69, 9.17) is 9.47 Å². The van der Waals surface area contributed by atoms with Crippen molar-refractivity contribution in [3.8, 4) is 5.75 Å². The standard InChI is InChI=1S/C23H35N5O3/c1-15(2)22(24-21(29)14-30-5)23-26-25-20-9-10-27(11-12-28(20)23)13-18-7-8-19(31-6)17(4)16(18)3/h7-8,15,22H,9-14H2,1-6H3,(H,24,29)/t22-/m1/s1. The molecular weight excluding hydrogens is 394 g/mol. The van der Waals surface area contributed by atoms with Gasteiger partial charge in [-0.05, 0) is 42.5 Å². The molecule has 0 saturated heterocycles. The number of amides is 1. The van der Waals surface area contributed by atoms with E-state index in [1.165, 1.54) is 23.8 Å². The highest BCUT2D eigenvalue weighted by atomic mass is 16.5. The second-order valence-corrected chi connectivity index (χ2v) is 8.55. The average Bonchev–Trinajstić information content (AvgIpc) is 3.03. The Hall–Kier alpha value is -2.45. The zero-order chi connectivity index (χ0) is 22.5. The molecule has 1 aliphatic heterocycles. The molecule has 170 valence electrons. The number of aromatic nitrogens is 3. The summed E-state index contributed by atoms with van der Waals surface area (Å²) in [5, 5.41) is 12.0. The summed E-state index contributed by atoms with van der Waals surface area (Å²) in [7, 11) is 3.24.